The fraction of sp³-hybridized carbons (Fsp3) is 0.355. The first-order valence-electron chi connectivity index (χ1n) is 13.4. The maximum absolute atomic E-state index is 14.6. The first kappa shape index (κ1) is 28.0. The number of benzene rings is 2. The summed E-state index contributed by atoms with van der Waals surface area (Å²) in [6.07, 6.45) is 2.18. The number of aromatic nitrogens is 1. The number of amides is 1. The van der Waals surface area contributed by atoms with Crippen molar-refractivity contribution < 1.29 is 28.4 Å². The van der Waals surface area contributed by atoms with Gasteiger partial charge in [0.1, 0.15) is 10.8 Å². The summed E-state index contributed by atoms with van der Waals surface area (Å²) in [4.78, 5) is 41.3. The molecule has 212 valence electrons. The van der Waals surface area contributed by atoms with Gasteiger partial charge in [0.05, 0.1) is 25.0 Å². The summed E-state index contributed by atoms with van der Waals surface area (Å²) >= 11 is 19.6. The lowest BCUT2D eigenvalue weighted by molar-refractivity contribution is -0.844. The molecule has 5 atom stereocenters. The van der Waals surface area contributed by atoms with E-state index in [1.807, 2.05) is 32.0 Å². The normalized spacial score (nSPS) is 27.9. The number of methoxy groups -OCH3 is 1. The van der Waals surface area contributed by atoms with Crippen LogP contribution in [0.15, 0.2) is 48.7 Å². The van der Waals surface area contributed by atoms with Crippen LogP contribution in [0.3, 0.4) is 0 Å². The molecule has 1 aliphatic carbocycles. The molecule has 2 aliphatic heterocycles. The fourth-order valence-corrected chi connectivity index (χ4v) is 7.78. The summed E-state index contributed by atoms with van der Waals surface area (Å²) in [6.45, 7) is 5.51. The van der Waals surface area contributed by atoms with E-state index in [1.54, 1.807) is 42.0 Å². The Balaban J connectivity index is 1.68. The lowest BCUT2D eigenvalue weighted by Crippen LogP contribution is -2.72. The van der Waals surface area contributed by atoms with Crippen molar-refractivity contribution in [2.75, 3.05) is 12.4 Å². The van der Waals surface area contributed by atoms with E-state index in [0.717, 1.165) is 16.7 Å². The van der Waals surface area contributed by atoms with Gasteiger partial charge in [0.25, 0.3) is 0 Å². The van der Waals surface area contributed by atoms with E-state index in [4.69, 9.17) is 44.3 Å². The van der Waals surface area contributed by atoms with Crippen molar-refractivity contribution in [1.29, 1.82) is 0 Å². The van der Waals surface area contributed by atoms with E-state index in [0.29, 0.717) is 38.6 Å². The lowest BCUT2D eigenvalue weighted by atomic mass is 9.50. The summed E-state index contributed by atoms with van der Waals surface area (Å²) in [6, 6.07) is 12.6. The molecule has 0 bridgehead atoms. The number of esters is 1. The van der Waals surface area contributed by atoms with Gasteiger partial charge in [-0.1, -0.05) is 53.9 Å². The SMILES string of the molecule is CCC1C(=O)CC(c2cc(Cl)c[n+]3c2OC3(C)C(=O)OC)C2(C(=O)Nc3cc(Cl)ccc32)C1c1cc(Cl)ccc1C. The Bertz CT molecular complexity index is 1660. The van der Waals surface area contributed by atoms with Crippen molar-refractivity contribution >= 4 is 58.1 Å². The number of Topliss-reactive ketones (excluding diaryl/α,β-unsaturated/α-hetero) is 1. The smallest absolute Gasteiger partial charge is 0.422 e. The van der Waals surface area contributed by atoms with Gasteiger partial charge >= 0.3 is 17.6 Å². The van der Waals surface area contributed by atoms with Gasteiger partial charge in [0.2, 0.25) is 5.91 Å². The van der Waals surface area contributed by atoms with Crippen LogP contribution in [-0.2, 0) is 30.3 Å². The summed E-state index contributed by atoms with van der Waals surface area (Å²) in [5.41, 5.74) is 0.955. The van der Waals surface area contributed by atoms with Crippen LogP contribution in [0.4, 0.5) is 5.69 Å². The first-order chi connectivity index (χ1) is 19.5. The third-order valence-corrected chi connectivity index (χ3v) is 9.71. The minimum atomic E-state index is -1.44. The Kier molecular flexibility index (Phi) is 6.64. The summed E-state index contributed by atoms with van der Waals surface area (Å²) in [5, 5.41) is 4.40. The number of fused-ring (bicyclic) bond motifs is 3. The second-order valence-corrected chi connectivity index (χ2v) is 12.4. The predicted molar refractivity (Wildman–Crippen MR) is 155 cm³/mol. The molecule has 1 fully saturated rings. The number of nitrogens with one attached hydrogen (secondary N) is 1. The van der Waals surface area contributed by atoms with E-state index in [1.165, 1.54) is 7.11 Å². The number of hydrogen-bond acceptors (Lipinski definition) is 5. The number of nitrogens with zero attached hydrogens (tertiary/aromatic N) is 1. The van der Waals surface area contributed by atoms with E-state index in [9.17, 15) is 14.4 Å². The molecule has 2 aromatic carbocycles. The van der Waals surface area contributed by atoms with Crippen molar-refractivity contribution in [1.82, 2.24) is 0 Å². The molecule has 3 aromatic rings. The van der Waals surface area contributed by atoms with Gasteiger partial charge in [0, 0.05) is 39.9 Å². The Morgan fingerprint density at radius 1 is 1.07 bits per heavy atom. The molecule has 1 spiro atoms. The molecule has 0 saturated heterocycles. The average Bonchev–Trinajstić information content (AvgIpc) is 3.21. The van der Waals surface area contributed by atoms with Crippen LogP contribution < -0.4 is 14.6 Å². The quantitative estimate of drug-likeness (QED) is 0.278. The van der Waals surface area contributed by atoms with Crippen molar-refractivity contribution in [3.63, 3.8) is 0 Å². The molecule has 3 aliphatic rings. The van der Waals surface area contributed by atoms with E-state index in [-0.39, 0.29) is 18.1 Å². The molecule has 3 heterocycles. The van der Waals surface area contributed by atoms with Gasteiger partial charge in [-0.15, -0.1) is 4.57 Å². The second kappa shape index (κ2) is 9.72. The molecule has 1 aromatic heterocycles. The minimum Gasteiger partial charge on any atom is -0.461 e. The zero-order chi connectivity index (χ0) is 29.4. The van der Waals surface area contributed by atoms with E-state index < -0.39 is 34.9 Å². The van der Waals surface area contributed by atoms with E-state index in [2.05, 4.69) is 5.32 Å². The Morgan fingerprint density at radius 3 is 2.46 bits per heavy atom. The highest BCUT2D eigenvalue weighted by Gasteiger charge is 2.67. The van der Waals surface area contributed by atoms with Crippen LogP contribution in [-0.4, -0.2) is 24.8 Å². The number of pyridine rings is 1. The summed E-state index contributed by atoms with van der Waals surface area (Å²) in [5.74, 6) is -2.19. The number of anilines is 1. The number of hydrogen-bond donors (Lipinski definition) is 1. The molecule has 1 saturated carbocycles. The van der Waals surface area contributed by atoms with Gasteiger partial charge in [0.15, 0.2) is 6.20 Å². The molecule has 7 nitrogen and oxygen atoms in total. The Hall–Kier alpha value is -3.13. The van der Waals surface area contributed by atoms with Gasteiger partial charge in [-0.2, -0.15) is 0 Å². The predicted octanol–water partition coefficient (Wildman–Crippen LogP) is 6.24. The van der Waals surface area contributed by atoms with Crippen molar-refractivity contribution in [3.8, 4) is 5.88 Å². The Labute approximate surface area is 252 Å². The zero-order valence-electron chi connectivity index (χ0n) is 22.9. The van der Waals surface area contributed by atoms with E-state index >= 15 is 0 Å². The monoisotopic (exact) mass is 613 g/mol. The molecule has 1 amide bonds. The highest BCUT2D eigenvalue weighted by molar-refractivity contribution is 6.31. The number of aryl methyl sites for hydroxylation is 1. The number of carbonyl (C=O) groups is 3. The third-order valence-electron chi connectivity index (χ3n) is 9.04. The molecular formula is C31H28Cl3N2O5+. The number of rotatable bonds is 4. The second-order valence-electron chi connectivity index (χ2n) is 11.1. The van der Waals surface area contributed by atoms with Gasteiger partial charge in [-0.3, -0.25) is 9.59 Å². The highest BCUT2D eigenvalue weighted by Crippen LogP contribution is 2.63. The Morgan fingerprint density at radius 2 is 1.76 bits per heavy atom. The minimum absolute atomic E-state index is 0.0245. The zero-order valence-corrected chi connectivity index (χ0v) is 25.2. The lowest BCUT2D eigenvalue weighted by Gasteiger charge is -2.50. The van der Waals surface area contributed by atoms with Gasteiger partial charge < -0.3 is 14.8 Å². The number of ketones is 1. The fourth-order valence-electron chi connectivity index (χ4n) is 7.21. The largest absolute Gasteiger partial charge is 0.461 e. The molecule has 5 unspecified atom stereocenters. The molecule has 41 heavy (non-hydrogen) atoms. The molecule has 10 heteroatoms. The molecule has 0 radical (unpaired) electrons. The van der Waals surface area contributed by atoms with Crippen LogP contribution in [0.2, 0.25) is 15.1 Å². The third kappa shape index (κ3) is 3.85. The highest BCUT2D eigenvalue weighted by atomic mass is 35.5. The molecular weight excluding hydrogens is 587 g/mol. The van der Waals surface area contributed by atoms with Crippen LogP contribution in [0.1, 0.15) is 60.8 Å². The first-order valence-corrected chi connectivity index (χ1v) is 14.5. The maximum atomic E-state index is 14.6. The van der Waals surface area contributed by atoms with Crippen molar-refractivity contribution in [2.45, 2.75) is 56.6 Å². The van der Waals surface area contributed by atoms with Gasteiger partial charge in [-0.25, -0.2) is 4.79 Å². The molecule has 1 N–H and O–H groups in total. The molecule has 6 rings (SSSR count). The van der Waals surface area contributed by atoms with Gasteiger partial charge in [-0.05, 0) is 60.4 Å². The van der Waals surface area contributed by atoms with Crippen LogP contribution in [0.5, 0.6) is 5.88 Å². The van der Waals surface area contributed by atoms with Crippen molar-refractivity contribution in [2.24, 2.45) is 5.92 Å². The summed E-state index contributed by atoms with van der Waals surface area (Å²) in [7, 11) is 1.28. The topological polar surface area (TPSA) is 85.6 Å². The average molecular weight is 615 g/mol. The van der Waals surface area contributed by atoms with Crippen LogP contribution in [0, 0.1) is 12.8 Å². The standard InChI is InChI=1S/C31H27Cl3N2O5/c1-5-19-25(37)13-23(21-11-18(34)14-36-27(21)41-30(36,3)29(39)40-4)31(26(19)20-10-16(32)7-6-15(20)2)22-9-8-17(33)12-24(22)35-28(31)38/h6-12,14,19,23,26H,5,13H2,1-4H3/p+1. The van der Waals surface area contributed by atoms with Crippen LogP contribution in [0.25, 0.3) is 0 Å². The van der Waals surface area contributed by atoms with Crippen molar-refractivity contribution in [3.05, 3.63) is 86.0 Å². The summed E-state index contributed by atoms with van der Waals surface area (Å²) < 4.78 is 12.7. The maximum Gasteiger partial charge on any atom is 0.422 e. The number of ether oxygens (including phenoxy) is 2. The number of carbonyl (C=O) groups excluding carboxylic acids is 3. The van der Waals surface area contributed by atoms with Crippen LogP contribution >= 0.6 is 34.8 Å². The number of halogens is 3.